The molecule has 1 atom stereocenters. The maximum atomic E-state index is 12.6. The summed E-state index contributed by atoms with van der Waals surface area (Å²) in [7, 11) is -3.50. The summed E-state index contributed by atoms with van der Waals surface area (Å²) in [6.07, 6.45) is -0.649. The lowest BCUT2D eigenvalue weighted by atomic mass is 10.3. The fourth-order valence-electron chi connectivity index (χ4n) is 2.58. The van der Waals surface area contributed by atoms with E-state index in [2.05, 4.69) is 5.32 Å². The van der Waals surface area contributed by atoms with Crippen LogP contribution in [0.3, 0.4) is 0 Å². The topological polar surface area (TPSA) is 84.9 Å². The van der Waals surface area contributed by atoms with Crippen LogP contribution in [0.5, 0.6) is 5.75 Å². The number of sulfonamides is 1. The second kappa shape index (κ2) is 8.83. The zero-order valence-electron chi connectivity index (χ0n) is 15.0. The van der Waals surface area contributed by atoms with Gasteiger partial charge in [-0.05, 0) is 31.2 Å². The number of rotatable bonds is 7. The van der Waals surface area contributed by atoms with Crippen molar-refractivity contribution in [1.82, 2.24) is 9.62 Å². The van der Waals surface area contributed by atoms with Gasteiger partial charge in [0.05, 0.1) is 19.8 Å². The monoisotopic (exact) mass is 410 g/mol. The molecule has 1 aromatic heterocycles. The number of hydrogen-bond acceptors (Lipinski definition) is 6. The first-order valence-electron chi connectivity index (χ1n) is 8.63. The molecule has 7 nitrogen and oxygen atoms in total. The second-order valence-electron chi connectivity index (χ2n) is 6.03. The van der Waals surface area contributed by atoms with Crippen LogP contribution in [0.4, 0.5) is 0 Å². The number of para-hydroxylation sites is 1. The Hall–Kier alpha value is -1.94. The molecule has 1 aliphatic heterocycles. The summed E-state index contributed by atoms with van der Waals surface area (Å²) >= 11 is 1.17. The average molecular weight is 411 g/mol. The predicted octanol–water partition coefficient (Wildman–Crippen LogP) is 1.85. The molecule has 1 fully saturated rings. The molecule has 0 bridgehead atoms. The van der Waals surface area contributed by atoms with Gasteiger partial charge in [0.15, 0.2) is 6.10 Å². The van der Waals surface area contributed by atoms with Gasteiger partial charge in [0.1, 0.15) is 9.96 Å². The van der Waals surface area contributed by atoms with Crippen molar-refractivity contribution in [2.75, 3.05) is 26.3 Å². The van der Waals surface area contributed by atoms with Gasteiger partial charge in [-0.1, -0.05) is 18.2 Å². The van der Waals surface area contributed by atoms with E-state index < -0.39 is 16.1 Å². The zero-order chi connectivity index (χ0) is 19.3. The number of carbonyl (C=O) groups excluding carboxylic acids is 1. The molecule has 0 saturated carbocycles. The van der Waals surface area contributed by atoms with Crippen LogP contribution in [0.15, 0.2) is 46.7 Å². The number of hydrogen-bond donors (Lipinski definition) is 1. The fraction of sp³-hybridized carbons (Fsp3) is 0.389. The first-order chi connectivity index (χ1) is 13.0. The van der Waals surface area contributed by atoms with E-state index in [0.29, 0.717) is 32.1 Å². The molecule has 9 heteroatoms. The molecule has 0 radical (unpaired) electrons. The van der Waals surface area contributed by atoms with E-state index in [1.165, 1.54) is 15.6 Å². The Bertz CT molecular complexity index is 861. The molecule has 1 aromatic carbocycles. The van der Waals surface area contributed by atoms with Crippen LogP contribution >= 0.6 is 11.3 Å². The molecule has 1 aliphatic rings. The molecule has 3 rings (SSSR count). The summed E-state index contributed by atoms with van der Waals surface area (Å²) in [5.41, 5.74) is 0. The van der Waals surface area contributed by atoms with E-state index in [0.717, 1.165) is 4.88 Å². The Morgan fingerprint density at radius 3 is 2.63 bits per heavy atom. The number of nitrogens with one attached hydrogen (secondary N) is 1. The Labute approximate surface area is 163 Å². The van der Waals surface area contributed by atoms with E-state index in [9.17, 15) is 13.2 Å². The SMILES string of the molecule is CC(Oc1ccccc1)C(=O)NCc1ccc(S(=O)(=O)N2CCOCC2)s1. The maximum absolute atomic E-state index is 12.6. The van der Waals surface area contributed by atoms with Crippen LogP contribution in [0.25, 0.3) is 0 Å². The highest BCUT2D eigenvalue weighted by Crippen LogP contribution is 2.25. The molecule has 27 heavy (non-hydrogen) atoms. The van der Waals surface area contributed by atoms with Crippen molar-refractivity contribution in [3.63, 3.8) is 0 Å². The first kappa shape index (κ1) is 19.8. The molecule has 0 spiro atoms. The van der Waals surface area contributed by atoms with Gasteiger partial charge in [0, 0.05) is 18.0 Å². The highest BCUT2D eigenvalue weighted by molar-refractivity contribution is 7.91. The van der Waals surface area contributed by atoms with Gasteiger partial charge in [-0.15, -0.1) is 11.3 Å². The normalized spacial score (nSPS) is 16.6. The summed E-state index contributed by atoms with van der Waals surface area (Å²) in [6, 6.07) is 12.4. The highest BCUT2D eigenvalue weighted by atomic mass is 32.2. The van der Waals surface area contributed by atoms with Crippen molar-refractivity contribution in [2.24, 2.45) is 0 Å². The molecule has 146 valence electrons. The summed E-state index contributed by atoms with van der Waals surface area (Å²) < 4.78 is 37.7. The molecule has 1 unspecified atom stereocenters. The van der Waals surface area contributed by atoms with Gasteiger partial charge in [0.25, 0.3) is 15.9 Å². The lowest BCUT2D eigenvalue weighted by Crippen LogP contribution is -2.40. The predicted molar refractivity (Wildman–Crippen MR) is 102 cm³/mol. The number of amides is 1. The largest absolute Gasteiger partial charge is 0.481 e. The summed E-state index contributed by atoms with van der Waals surface area (Å²) in [4.78, 5) is 13.0. The van der Waals surface area contributed by atoms with Crippen LogP contribution in [-0.2, 0) is 26.1 Å². The smallest absolute Gasteiger partial charge is 0.261 e. The number of benzene rings is 1. The molecule has 1 amide bonds. The van der Waals surface area contributed by atoms with Crippen molar-refractivity contribution in [1.29, 1.82) is 0 Å². The Balaban J connectivity index is 1.55. The second-order valence-corrected chi connectivity index (χ2v) is 9.36. The number of morpholine rings is 1. The van der Waals surface area contributed by atoms with E-state index >= 15 is 0 Å². The minimum absolute atomic E-state index is 0.255. The van der Waals surface area contributed by atoms with Crippen molar-refractivity contribution in [3.05, 3.63) is 47.3 Å². The summed E-state index contributed by atoms with van der Waals surface area (Å²) in [6.45, 7) is 3.47. The molecule has 1 N–H and O–H groups in total. The minimum Gasteiger partial charge on any atom is -0.481 e. The molecular formula is C18H22N2O5S2. The third-order valence-corrected chi connectivity index (χ3v) is 7.51. The number of carbonyl (C=O) groups is 1. The van der Waals surface area contributed by atoms with Gasteiger partial charge < -0.3 is 14.8 Å². The Morgan fingerprint density at radius 1 is 1.22 bits per heavy atom. The molecular weight excluding hydrogens is 388 g/mol. The zero-order valence-corrected chi connectivity index (χ0v) is 16.6. The third kappa shape index (κ3) is 5.07. The van der Waals surface area contributed by atoms with Crippen LogP contribution in [0, 0.1) is 0 Å². The van der Waals surface area contributed by atoms with Gasteiger partial charge in [0.2, 0.25) is 0 Å². The standard InChI is InChI=1S/C18H22N2O5S2/c1-14(25-15-5-3-2-4-6-15)18(21)19-13-16-7-8-17(26-16)27(22,23)20-9-11-24-12-10-20/h2-8,14H,9-13H2,1H3,(H,19,21). The molecule has 1 saturated heterocycles. The molecule has 2 heterocycles. The van der Waals surface area contributed by atoms with Crippen LogP contribution in [0.2, 0.25) is 0 Å². The maximum Gasteiger partial charge on any atom is 0.261 e. The Morgan fingerprint density at radius 2 is 1.93 bits per heavy atom. The molecule has 0 aliphatic carbocycles. The molecule has 2 aromatic rings. The van der Waals surface area contributed by atoms with Gasteiger partial charge in [-0.2, -0.15) is 4.31 Å². The Kier molecular flexibility index (Phi) is 6.48. The lowest BCUT2D eigenvalue weighted by molar-refractivity contribution is -0.127. The number of thiophene rings is 1. The van der Waals surface area contributed by atoms with Crippen LogP contribution in [-0.4, -0.2) is 51.0 Å². The van der Waals surface area contributed by atoms with Gasteiger partial charge in [-0.25, -0.2) is 8.42 Å². The average Bonchev–Trinajstić information content (AvgIpc) is 3.17. The van der Waals surface area contributed by atoms with Crippen molar-refractivity contribution in [2.45, 2.75) is 23.8 Å². The van der Waals surface area contributed by atoms with E-state index in [4.69, 9.17) is 9.47 Å². The quantitative estimate of drug-likeness (QED) is 0.753. The van der Waals surface area contributed by atoms with E-state index in [1.54, 1.807) is 31.2 Å². The van der Waals surface area contributed by atoms with Crippen molar-refractivity contribution >= 4 is 27.3 Å². The van der Waals surface area contributed by atoms with Gasteiger partial charge >= 0.3 is 0 Å². The van der Waals surface area contributed by atoms with Crippen molar-refractivity contribution < 1.29 is 22.7 Å². The summed E-state index contributed by atoms with van der Waals surface area (Å²) in [5, 5.41) is 2.78. The summed E-state index contributed by atoms with van der Waals surface area (Å²) in [5.74, 6) is 0.361. The van der Waals surface area contributed by atoms with E-state index in [-0.39, 0.29) is 16.7 Å². The van der Waals surface area contributed by atoms with Crippen molar-refractivity contribution in [3.8, 4) is 5.75 Å². The third-order valence-electron chi connectivity index (χ3n) is 4.06. The highest BCUT2D eigenvalue weighted by Gasteiger charge is 2.27. The minimum atomic E-state index is -3.50. The first-order valence-corrected chi connectivity index (χ1v) is 10.9. The van der Waals surface area contributed by atoms with E-state index in [1.807, 2.05) is 18.2 Å². The van der Waals surface area contributed by atoms with Gasteiger partial charge in [-0.3, -0.25) is 4.79 Å². The fourth-order valence-corrected chi connectivity index (χ4v) is 5.44. The number of ether oxygens (including phenoxy) is 2. The van der Waals surface area contributed by atoms with Crippen LogP contribution < -0.4 is 10.1 Å². The lowest BCUT2D eigenvalue weighted by Gasteiger charge is -2.25. The van der Waals surface area contributed by atoms with Crippen LogP contribution in [0.1, 0.15) is 11.8 Å². The number of nitrogens with zero attached hydrogens (tertiary/aromatic N) is 1.